The molecule has 3 rings (SSSR count). The molecule has 0 aromatic heterocycles. The van der Waals surface area contributed by atoms with Crippen molar-refractivity contribution in [2.75, 3.05) is 6.61 Å². The van der Waals surface area contributed by atoms with E-state index in [2.05, 4.69) is 5.32 Å². The number of nitrogens with one attached hydrogen (secondary N) is 1. The summed E-state index contributed by atoms with van der Waals surface area (Å²) in [5, 5.41) is 4.05. The van der Waals surface area contributed by atoms with Gasteiger partial charge in [-0.3, -0.25) is 9.59 Å². The van der Waals surface area contributed by atoms with E-state index in [0.717, 1.165) is 28.9 Å². The molecule has 0 bridgehead atoms. The lowest BCUT2D eigenvalue weighted by molar-refractivity contribution is -0.141. The summed E-state index contributed by atoms with van der Waals surface area (Å²) in [5.41, 5.74) is 2.86. The average molecular weight is 556 g/mol. The van der Waals surface area contributed by atoms with Gasteiger partial charge in [0.05, 0.1) is 6.61 Å². The maximum absolute atomic E-state index is 13.7. The standard InChI is InChI=1S/C31H36Cl2N2O3/c1-4-23(3)34-31(37)29(19-24-9-6-5-7-10-24)35(21-25-14-15-26(32)20-28(25)33)30(36)11-8-18-38-27-16-12-22(2)13-17-27/h5-7,9-10,12-17,20,23,29H,4,8,11,18-19,21H2,1-3H3,(H,34,37)/t23-,29+/m0/s1. The van der Waals surface area contributed by atoms with Crippen molar-refractivity contribution in [3.8, 4) is 5.75 Å². The molecule has 0 heterocycles. The highest BCUT2D eigenvalue weighted by molar-refractivity contribution is 6.35. The molecule has 0 saturated heterocycles. The van der Waals surface area contributed by atoms with E-state index in [-0.39, 0.29) is 30.8 Å². The summed E-state index contributed by atoms with van der Waals surface area (Å²) in [6, 6.07) is 22.0. The van der Waals surface area contributed by atoms with Gasteiger partial charge in [-0.15, -0.1) is 0 Å². The van der Waals surface area contributed by atoms with Crippen molar-refractivity contribution in [3.63, 3.8) is 0 Å². The largest absolute Gasteiger partial charge is 0.494 e. The SMILES string of the molecule is CC[C@H](C)NC(=O)[C@@H](Cc1ccccc1)N(Cc1ccc(Cl)cc1Cl)C(=O)CCCOc1ccc(C)cc1. The first-order chi connectivity index (χ1) is 18.3. The Bertz CT molecular complexity index is 1190. The molecule has 3 aromatic carbocycles. The Labute approximate surface area is 236 Å². The zero-order chi connectivity index (χ0) is 27.5. The zero-order valence-corrected chi connectivity index (χ0v) is 23.8. The quantitative estimate of drug-likeness (QED) is 0.231. The Hall–Kier alpha value is -3.02. The minimum Gasteiger partial charge on any atom is -0.494 e. The van der Waals surface area contributed by atoms with Gasteiger partial charge >= 0.3 is 0 Å². The van der Waals surface area contributed by atoms with Crippen molar-refractivity contribution >= 4 is 35.0 Å². The second-order valence-electron chi connectivity index (χ2n) is 9.55. The number of ether oxygens (including phenoxy) is 1. The number of hydrogen-bond donors (Lipinski definition) is 1. The van der Waals surface area contributed by atoms with E-state index >= 15 is 0 Å². The van der Waals surface area contributed by atoms with E-state index < -0.39 is 6.04 Å². The fraction of sp³-hybridized carbons (Fsp3) is 0.355. The second-order valence-corrected chi connectivity index (χ2v) is 10.4. The van der Waals surface area contributed by atoms with Crippen LogP contribution in [0.1, 0.15) is 49.8 Å². The summed E-state index contributed by atoms with van der Waals surface area (Å²) >= 11 is 12.6. The first kappa shape index (κ1) is 29.5. The van der Waals surface area contributed by atoms with Gasteiger partial charge in [0, 0.05) is 35.5 Å². The summed E-state index contributed by atoms with van der Waals surface area (Å²) in [4.78, 5) is 28.9. The minimum absolute atomic E-state index is 0.0141. The maximum atomic E-state index is 13.7. The van der Waals surface area contributed by atoms with Crippen molar-refractivity contribution in [3.05, 3.63) is 99.5 Å². The third-order valence-corrected chi connectivity index (χ3v) is 7.04. The third kappa shape index (κ3) is 9.07. The molecular weight excluding hydrogens is 519 g/mol. The molecule has 38 heavy (non-hydrogen) atoms. The van der Waals surface area contributed by atoms with E-state index in [4.69, 9.17) is 27.9 Å². The molecule has 0 radical (unpaired) electrons. The monoisotopic (exact) mass is 554 g/mol. The van der Waals surface area contributed by atoms with Crippen LogP contribution in [-0.4, -0.2) is 35.4 Å². The fourth-order valence-electron chi connectivity index (χ4n) is 4.02. The van der Waals surface area contributed by atoms with E-state index in [0.29, 0.717) is 29.5 Å². The van der Waals surface area contributed by atoms with E-state index in [1.165, 1.54) is 0 Å². The van der Waals surface area contributed by atoms with Crippen LogP contribution < -0.4 is 10.1 Å². The van der Waals surface area contributed by atoms with Crippen LogP contribution in [0.3, 0.4) is 0 Å². The molecule has 0 aliphatic rings. The van der Waals surface area contributed by atoms with Crippen LogP contribution in [0.4, 0.5) is 0 Å². The van der Waals surface area contributed by atoms with Gasteiger partial charge in [-0.2, -0.15) is 0 Å². The van der Waals surface area contributed by atoms with E-state index in [9.17, 15) is 9.59 Å². The number of benzene rings is 3. The van der Waals surface area contributed by atoms with Gasteiger partial charge in [0.1, 0.15) is 11.8 Å². The lowest BCUT2D eigenvalue weighted by Gasteiger charge is -2.32. The number of hydrogen-bond acceptors (Lipinski definition) is 3. The van der Waals surface area contributed by atoms with Gasteiger partial charge in [-0.1, -0.05) is 84.2 Å². The van der Waals surface area contributed by atoms with Crippen molar-refractivity contribution in [2.24, 2.45) is 0 Å². The lowest BCUT2D eigenvalue weighted by atomic mass is 10.0. The highest BCUT2D eigenvalue weighted by atomic mass is 35.5. The Balaban J connectivity index is 1.82. The molecule has 0 spiro atoms. The Kier molecular flexibility index (Phi) is 11.5. The number of nitrogens with zero attached hydrogens (tertiary/aromatic N) is 1. The fourth-order valence-corrected chi connectivity index (χ4v) is 4.49. The van der Waals surface area contributed by atoms with Gasteiger partial charge in [0.25, 0.3) is 0 Å². The molecule has 2 amide bonds. The predicted molar refractivity (Wildman–Crippen MR) is 155 cm³/mol. The summed E-state index contributed by atoms with van der Waals surface area (Å²) in [6.45, 7) is 6.59. The summed E-state index contributed by atoms with van der Waals surface area (Å²) in [6.07, 6.45) is 1.93. The van der Waals surface area contributed by atoms with Crippen LogP contribution in [0.25, 0.3) is 0 Å². The molecule has 3 aromatic rings. The van der Waals surface area contributed by atoms with Crippen LogP contribution in [0.5, 0.6) is 5.75 Å². The minimum atomic E-state index is -0.705. The summed E-state index contributed by atoms with van der Waals surface area (Å²) in [5.74, 6) is 0.448. The molecule has 202 valence electrons. The molecule has 0 aliphatic heterocycles. The Morgan fingerprint density at radius 3 is 2.37 bits per heavy atom. The topological polar surface area (TPSA) is 58.6 Å². The van der Waals surface area contributed by atoms with Crippen molar-refractivity contribution in [1.82, 2.24) is 10.2 Å². The number of carbonyl (C=O) groups is 2. The van der Waals surface area contributed by atoms with Gasteiger partial charge < -0.3 is 15.0 Å². The van der Waals surface area contributed by atoms with E-state index in [1.54, 1.807) is 23.1 Å². The van der Waals surface area contributed by atoms with Gasteiger partial charge in [0.15, 0.2) is 0 Å². The molecule has 0 fully saturated rings. The van der Waals surface area contributed by atoms with Crippen LogP contribution in [0.2, 0.25) is 10.0 Å². The molecule has 0 aliphatic carbocycles. The zero-order valence-electron chi connectivity index (χ0n) is 22.3. The third-order valence-electron chi connectivity index (χ3n) is 6.45. The molecule has 1 N–H and O–H groups in total. The van der Waals surface area contributed by atoms with Crippen molar-refractivity contribution in [2.45, 2.75) is 65.1 Å². The van der Waals surface area contributed by atoms with Crippen molar-refractivity contribution in [1.29, 1.82) is 0 Å². The molecular formula is C31H36Cl2N2O3. The number of rotatable bonds is 13. The molecule has 0 unspecified atom stereocenters. The Morgan fingerprint density at radius 2 is 1.71 bits per heavy atom. The molecule has 2 atom stereocenters. The highest BCUT2D eigenvalue weighted by Gasteiger charge is 2.31. The van der Waals surface area contributed by atoms with E-state index in [1.807, 2.05) is 75.4 Å². The predicted octanol–water partition coefficient (Wildman–Crippen LogP) is 7.02. The first-order valence-electron chi connectivity index (χ1n) is 13.0. The summed E-state index contributed by atoms with van der Waals surface area (Å²) in [7, 11) is 0. The van der Waals surface area contributed by atoms with Crippen molar-refractivity contribution < 1.29 is 14.3 Å². The molecule has 5 nitrogen and oxygen atoms in total. The second kappa shape index (κ2) is 14.8. The number of halogens is 2. The smallest absolute Gasteiger partial charge is 0.243 e. The lowest BCUT2D eigenvalue weighted by Crippen LogP contribution is -2.52. The van der Waals surface area contributed by atoms with Crippen LogP contribution >= 0.6 is 23.2 Å². The maximum Gasteiger partial charge on any atom is 0.243 e. The molecule has 0 saturated carbocycles. The summed E-state index contributed by atoms with van der Waals surface area (Å²) < 4.78 is 5.83. The van der Waals surface area contributed by atoms with Crippen LogP contribution in [0, 0.1) is 6.92 Å². The van der Waals surface area contributed by atoms with Gasteiger partial charge in [0.2, 0.25) is 11.8 Å². The molecule has 7 heteroatoms. The first-order valence-corrected chi connectivity index (χ1v) is 13.8. The van der Waals surface area contributed by atoms with Gasteiger partial charge in [-0.05, 0) is 62.1 Å². The number of amides is 2. The number of aryl methyl sites for hydroxylation is 1. The van der Waals surface area contributed by atoms with Gasteiger partial charge in [-0.25, -0.2) is 0 Å². The Morgan fingerprint density at radius 1 is 1.00 bits per heavy atom. The van der Waals surface area contributed by atoms with Crippen LogP contribution in [-0.2, 0) is 22.6 Å². The number of carbonyl (C=O) groups excluding carboxylic acids is 2. The highest BCUT2D eigenvalue weighted by Crippen LogP contribution is 2.25. The van der Waals surface area contributed by atoms with Crippen LogP contribution in [0.15, 0.2) is 72.8 Å². The normalized spacial score (nSPS) is 12.4. The average Bonchev–Trinajstić information content (AvgIpc) is 2.91.